The third kappa shape index (κ3) is 6.33. The zero-order valence-electron chi connectivity index (χ0n) is 10.9. The lowest BCUT2D eigenvalue weighted by Crippen LogP contribution is -2.16. The van der Waals surface area contributed by atoms with Gasteiger partial charge in [0, 0.05) is 18.5 Å². The molecule has 1 aromatic carbocycles. The number of carbonyl (C=O) groups excluding carboxylic acids is 1. The maximum atomic E-state index is 11.5. The Morgan fingerprint density at radius 2 is 1.67 bits per heavy atom. The normalized spacial score (nSPS) is 9.72. The molecule has 0 radical (unpaired) electrons. The Bertz CT molecular complexity index is 406. The average Bonchev–Trinajstić information content (AvgIpc) is 2.96. The summed E-state index contributed by atoms with van der Waals surface area (Å²) in [5.41, 5.74) is 0.810. The summed E-state index contributed by atoms with van der Waals surface area (Å²) in [6.45, 7) is 0.813. The third-order valence-electron chi connectivity index (χ3n) is 2.31. The molecule has 0 unspecified atom stereocenters. The minimum Gasteiger partial charge on any atom is -0.309 e. The molecule has 18 heavy (non-hydrogen) atoms. The van der Waals surface area contributed by atoms with Crippen LogP contribution in [-0.4, -0.2) is 31.3 Å². The molecule has 96 valence electrons. The SMILES string of the molecule is CN(C)CCC(=O)c1ccccc1.c1ccsc1. The Morgan fingerprint density at radius 1 is 1.06 bits per heavy atom. The van der Waals surface area contributed by atoms with E-state index in [1.807, 2.05) is 72.2 Å². The van der Waals surface area contributed by atoms with Gasteiger partial charge in [0.1, 0.15) is 0 Å². The molecule has 0 bridgehead atoms. The molecule has 0 spiro atoms. The van der Waals surface area contributed by atoms with Gasteiger partial charge in [-0.2, -0.15) is 11.3 Å². The van der Waals surface area contributed by atoms with E-state index in [1.54, 1.807) is 11.3 Å². The monoisotopic (exact) mass is 261 g/mol. The van der Waals surface area contributed by atoms with Crippen LogP contribution in [0.4, 0.5) is 0 Å². The molecule has 0 amide bonds. The first kappa shape index (κ1) is 14.6. The lowest BCUT2D eigenvalue weighted by molar-refractivity contribution is 0.0972. The van der Waals surface area contributed by atoms with Crippen LogP contribution >= 0.6 is 11.3 Å². The van der Waals surface area contributed by atoms with Gasteiger partial charge in [0.2, 0.25) is 0 Å². The molecular formula is C15H19NOS. The molecule has 2 aromatic rings. The molecule has 0 aliphatic heterocycles. The standard InChI is InChI=1S/C11H15NO.C4H4S/c1-12(2)9-8-11(13)10-6-4-3-5-7-10;1-2-4-5-3-1/h3-7H,8-9H2,1-2H3;1-4H. The van der Waals surface area contributed by atoms with E-state index in [9.17, 15) is 4.79 Å². The van der Waals surface area contributed by atoms with Gasteiger partial charge in [-0.05, 0) is 24.9 Å². The predicted octanol–water partition coefficient (Wildman–Crippen LogP) is 3.57. The molecule has 2 nitrogen and oxygen atoms in total. The number of Topliss-reactive ketones (excluding diaryl/α,β-unsaturated/α-hetero) is 1. The lowest BCUT2D eigenvalue weighted by atomic mass is 10.1. The molecule has 0 aliphatic carbocycles. The number of nitrogens with zero attached hydrogens (tertiary/aromatic N) is 1. The number of ketones is 1. The highest BCUT2D eigenvalue weighted by molar-refractivity contribution is 7.07. The minimum absolute atomic E-state index is 0.217. The minimum atomic E-state index is 0.217. The van der Waals surface area contributed by atoms with Gasteiger partial charge in [0.15, 0.2) is 5.78 Å². The second-order valence-electron chi connectivity index (χ2n) is 4.14. The van der Waals surface area contributed by atoms with Crippen LogP contribution in [0.1, 0.15) is 16.8 Å². The number of carbonyl (C=O) groups is 1. The average molecular weight is 261 g/mol. The lowest BCUT2D eigenvalue weighted by Gasteiger charge is -2.07. The van der Waals surface area contributed by atoms with Gasteiger partial charge >= 0.3 is 0 Å². The van der Waals surface area contributed by atoms with E-state index in [1.165, 1.54) is 0 Å². The first-order valence-electron chi connectivity index (χ1n) is 5.90. The third-order valence-corrected chi connectivity index (χ3v) is 2.94. The van der Waals surface area contributed by atoms with E-state index >= 15 is 0 Å². The van der Waals surface area contributed by atoms with E-state index < -0.39 is 0 Å². The number of thiophene rings is 1. The van der Waals surface area contributed by atoms with E-state index in [4.69, 9.17) is 0 Å². The highest BCUT2D eigenvalue weighted by atomic mass is 32.1. The van der Waals surface area contributed by atoms with Gasteiger partial charge in [0.25, 0.3) is 0 Å². The number of benzene rings is 1. The van der Waals surface area contributed by atoms with Gasteiger partial charge in [-0.25, -0.2) is 0 Å². The van der Waals surface area contributed by atoms with Crippen LogP contribution in [0.3, 0.4) is 0 Å². The zero-order chi connectivity index (χ0) is 13.2. The molecular weight excluding hydrogens is 242 g/mol. The predicted molar refractivity (Wildman–Crippen MR) is 78.3 cm³/mol. The topological polar surface area (TPSA) is 20.3 Å². The van der Waals surface area contributed by atoms with Crippen LogP contribution in [0.2, 0.25) is 0 Å². The van der Waals surface area contributed by atoms with Gasteiger partial charge in [-0.3, -0.25) is 4.79 Å². The fourth-order valence-corrected chi connectivity index (χ4v) is 1.77. The summed E-state index contributed by atoms with van der Waals surface area (Å²) in [6.07, 6.45) is 0.594. The maximum Gasteiger partial charge on any atom is 0.164 e. The van der Waals surface area contributed by atoms with E-state index in [0.29, 0.717) is 6.42 Å². The first-order valence-corrected chi connectivity index (χ1v) is 6.84. The van der Waals surface area contributed by atoms with Crippen molar-refractivity contribution in [3.05, 3.63) is 58.8 Å². The van der Waals surface area contributed by atoms with Crippen molar-refractivity contribution in [1.82, 2.24) is 4.90 Å². The van der Waals surface area contributed by atoms with Crippen LogP contribution < -0.4 is 0 Å². The van der Waals surface area contributed by atoms with Crippen molar-refractivity contribution in [2.45, 2.75) is 6.42 Å². The molecule has 1 heterocycles. The van der Waals surface area contributed by atoms with Gasteiger partial charge < -0.3 is 4.90 Å². The Kier molecular flexibility index (Phi) is 6.99. The largest absolute Gasteiger partial charge is 0.309 e. The Hall–Kier alpha value is -1.45. The van der Waals surface area contributed by atoms with Gasteiger partial charge in [-0.1, -0.05) is 42.5 Å². The van der Waals surface area contributed by atoms with E-state index in [2.05, 4.69) is 0 Å². The summed E-state index contributed by atoms with van der Waals surface area (Å²) in [5.74, 6) is 0.217. The fourth-order valence-electron chi connectivity index (χ4n) is 1.32. The molecule has 0 saturated carbocycles. The molecule has 3 heteroatoms. The van der Waals surface area contributed by atoms with E-state index in [-0.39, 0.29) is 5.78 Å². The van der Waals surface area contributed by atoms with Crippen molar-refractivity contribution < 1.29 is 4.79 Å². The summed E-state index contributed by atoms with van der Waals surface area (Å²) in [5, 5.41) is 4.08. The summed E-state index contributed by atoms with van der Waals surface area (Å²) in [7, 11) is 3.94. The Balaban J connectivity index is 0.000000269. The summed E-state index contributed by atoms with van der Waals surface area (Å²) in [6, 6.07) is 13.5. The van der Waals surface area contributed by atoms with Gasteiger partial charge in [-0.15, -0.1) is 0 Å². The van der Waals surface area contributed by atoms with Crippen molar-refractivity contribution in [3.8, 4) is 0 Å². The van der Waals surface area contributed by atoms with Crippen LogP contribution in [0.25, 0.3) is 0 Å². The van der Waals surface area contributed by atoms with Crippen molar-refractivity contribution in [3.63, 3.8) is 0 Å². The second kappa shape index (κ2) is 8.61. The van der Waals surface area contributed by atoms with Gasteiger partial charge in [0.05, 0.1) is 0 Å². The quantitative estimate of drug-likeness (QED) is 0.784. The highest BCUT2D eigenvalue weighted by Crippen LogP contribution is 2.02. The summed E-state index contributed by atoms with van der Waals surface area (Å²) in [4.78, 5) is 13.5. The van der Waals surface area contributed by atoms with E-state index in [0.717, 1.165) is 12.1 Å². The van der Waals surface area contributed by atoms with Crippen molar-refractivity contribution in [2.75, 3.05) is 20.6 Å². The van der Waals surface area contributed by atoms with Crippen LogP contribution in [0.5, 0.6) is 0 Å². The smallest absolute Gasteiger partial charge is 0.164 e. The fraction of sp³-hybridized carbons (Fsp3) is 0.267. The van der Waals surface area contributed by atoms with Crippen molar-refractivity contribution in [1.29, 1.82) is 0 Å². The molecule has 0 aliphatic rings. The highest BCUT2D eigenvalue weighted by Gasteiger charge is 2.04. The molecule has 2 rings (SSSR count). The molecule has 1 aromatic heterocycles. The Morgan fingerprint density at radius 3 is 2.11 bits per heavy atom. The van der Waals surface area contributed by atoms with Crippen LogP contribution in [-0.2, 0) is 0 Å². The number of hydrogen-bond donors (Lipinski definition) is 0. The van der Waals surface area contributed by atoms with Crippen molar-refractivity contribution in [2.24, 2.45) is 0 Å². The molecule has 0 N–H and O–H groups in total. The molecule has 0 saturated heterocycles. The number of rotatable bonds is 4. The molecule has 0 atom stereocenters. The first-order chi connectivity index (χ1) is 8.70. The summed E-state index contributed by atoms with van der Waals surface area (Å²) < 4.78 is 0. The van der Waals surface area contributed by atoms with Crippen molar-refractivity contribution >= 4 is 17.1 Å². The Labute approximate surface area is 113 Å². The summed E-state index contributed by atoms with van der Waals surface area (Å²) >= 11 is 1.71. The second-order valence-corrected chi connectivity index (χ2v) is 4.95. The van der Waals surface area contributed by atoms with Crippen LogP contribution in [0.15, 0.2) is 53.2 Å². The van der Waals surface area contributed by atoms with Crippen LogP contribution in [0, 0.1) is 0 Å². The zero-order valence-corrected chi connectivity index (χ0v) is 11.7. The number of hydrogen-bond acceptors (Lipinski definition) is 3. The molecule has 0 fully saturated rings. The maximum absolute atomic E-state index is 11.5.